The molecular formula is C22H24FN3O4S. The van der Waals surface area contributed by atoms with Crippen LogP contribution in [0.1, 0.15) is 31.7 Å². The Labute approximate surface area is 180 Å². The number of fused-ring (bicyclic) bond motifs is 1. The molecule has 164 valence electrons. The molecule has 0 aromatic heterocycles. The van der Waals surface area contributed by atoms with E-state index in [1.54, 1.807) is 18.2 Å². The van der Waals surface area contributed by atoms with Crippen molar-refractivity contribution in [2.45, 2.75) is 43.5 Å². The molecule has 1 N–H and O–H groups in total. The molecule has 0 saturated carbocycles. The number of amides is 2. The Morgan fingerprint density at radius 3 is 2.45 bits per heavy atom. The first-order chi connectivity index (χ1) is 14.8. The lowest BCUT2D eigenvalue weighted by Crippen LogP contribution is -2.44. The van der Waals surface area contributed by atoms with Gasteiger partial charge in [0.25, 0.3) is 0 Å². The van der Waals surface area contributed by atoms with Crippen LogP contribution in [-0.2, 0) is 26.0 Å². The highest BCUT2D eigenvalue weighted by Crippen LogP contribution is 2.35. The molecule has 7 nitrogen and oxygen atoms in total. The summed E-state index contributed by atoms with van der Waals surface area (Å²) in [7, 11) is -3.63. The van der Waals surface area contributed by atoms with Crippen LogP contribution >= 0.6 is 0 Å². The molecule has 1 fully saturated rings. The third-order valence-corrected chi connectivity index (χ3v) is 7.66. The summed E-state index contributed by atoms with van der Waals surface area (Å²) in [4.78, 5) is 26.7. The Morgan fingerprint density at radius 1 is 1.06 bits per heavy atom. The Hall–Kier alpha value is -2.78. The first-order valence-corrected chi connectivity index (χ1v) is 11.7. The number of nitrogens with one attached hydrogen (secondary N) is 1. The monoisotopic (exact) mass is 445 g/mol. The van der Waals surface area contributed by atoms with Gasteiger partial charge >= 0.3 is 0 Å². The van der Waals surface area contributed by atoms with E-state index in [0.717, 1.165) is 19.3 Å². The Bertz CT molecular complexity index is 1130. The molecule has 1 saturated heterocycles. The number of halogens is 1. The van der Waals surface area contributed by atoms with Gasteiger partial charge in [0, 0.05) is 32.1 Å². The number of benzene rings is 2. The van der Waals surface area contributed by atoms with Crippen molar-refractivity contribution in [2.75, 3.05) is 23.3 Å². The van der Waals surface area contributed by atoms with Crippen molar-refractivity contribution in [2.24, 2.45) is 0 Å². The Kier molecular flexibility index (Phi) is 5.81. The minimum Gasteiger partial charge on any atom is -0.322 e. The standard InChI is InChI=1S/C22H24FN3O4S/c1-15(27)26-20-10-9-17(31(29,30)25-11-5-2-6-12-25)13-16(20)14-21(26)22(28)24-19-8-4-3-7-18(19)23/h3-4,7-10,13,21H,2,5-6,11-12,14H2,1H3,(H,24,28)/t21-/m1/s1. The SMILES string of the molecule is CC(=O)N1c2ccc(S(=O)(=O)N3CCCCC3)cc2C[C@@H]1C(=O)Nc1ccccc1F. The number of sulfonamides is 1. The number of para-hydroxylation sites is 1. The van der Waals surface area contributed by atoms with Gasteiger partial charge in [0.1, 0.15) is 11.9 Å². The van der Waals surface area contributed by atoms with E-state index in [4.69, 9.17) is 0 Å². The van der Waals surface area contributed by atoms with Gasteiger partial charge in [-0.1, -0.05) is 18.6 Å². The molecule has 31 heavy (non-hydrogen) atoms. The van der Waals surface area contributed by atoms with Gasteiger partial charge in [-0.3, -0.25) is 14.5 Å². The molecule has 0 aliphatic carbocycles. The highest BCUT2D eigenvalue weighted by molar-refractivity contribution is 7.89. The minimum atomic E-state index is -3.63. The number of nitrogens with zero attached hydrogens (tertiary/aromatic N) is 2. The summed E-state index contributed by atoms with van der Waals surface area (Å²) in [5.41, 5.74) is 1.13. The quantitative estimate of drug-likeness (QED) is 0.784. The number of hydrogen-bond donors (Lipinski definition) is 1. The summed E-state index contributed by atoms with van der Waals surface area (Å²) >= 11 is 0. The normalized spacial score (nSPS) is 19.2. The van der Waals surface area contributed by atoms with Gasteiger partial charge < -0.3 is 5.32 Å². The van der Waals surface area contributed by atoms with Gasteiger partial charge in [-0.2, -0.15) is 4.31 Å². The van der Waals surface area contributed by atoms with Crippen molar-refractivity contribution in [3.8, 4) is 0 Å². The molecule has 2 aromatic carbocycles. The maximum absolute atomic E-state index is 13.9. The van der Waals surface area contributed by atoms with E-state index in [9.17, 15) is 22.4 Å². The molecule has 0 spiro atoms. The number of piperidine rings is 1. The molecule has 2 amide bonds. The maximum atomic E-state index is 13.9. The number of rotatable bonds is 4. The van der Waals surface area contributed by atoms with Crippen LogP contribution in [0, 0.1) is 5.82 Å². The summed E-state index contributed by atoms with van der Waals surface area (Å²) in [6.45, 7) is 2.33. The van der Waals surface area contributed by atoms with Crippen molar-refractivity contribution < 1.29 is 22.4 Å². The van der Waals surface area contributed by atoms with Crippen molar-refractivity contribution in [3.05, 3.63) is 53.8 Å². The molecule has 2 aliphatic rings. The summed E-state index contributed by atoms with van der Waals surface area (Å²) in [6.07, 6.45) is 2.84. The first kappa shape index (κ1) is 21.5. The van der Waals surface area contributed by atoms with Crippen LogP contribution in [0.4, 0.5) is 15.8 Å². The van der Waals surface area contributed by atoms with Gasteiger partial charge in [0.2, 0.25) is 21.8 Å². The van der Waals surface area contributed by atoms with Gasteiger partial charge in [-0.25, -0.2) is 12.8 Å². The summed E-state index contributed by atoms with van der Waals surface area (Å²) in [6, 6.07) is 9.51. The molecule has 0 unspecified atom stereocenters. The van der Waals surface area contributed by atoms with Crippen LogP contribution in [0.25, 0.3) is 0 Å². The van der Waals surface area contributed by atoms with E-state index >= 15 is 0 Å². The fraction of sp³-hybridized carbons (Fsp3) is 0.364. The van der Waals surface area contributed by atoms with E-state index in [0.29, 0.717) is 24.3 Å². The summed E-state index contributed by atoms with van der Waals surface area (Å²) in [5.74, 6) is -1.45. The third-order valence-electron chi connectivity index (χ3n) is 5.76. The largest absolute Gasteiger partial charge is 0.322 e. The lowest BCUT2D eigenvalue weighted by atomic mass is 10.1. The zero-order chi connectivity index (χ0) is 22.2. The van der Waals surface area contributed by atoms with Gasteiger partial charge in [-0.15, -0.1) is 0 Å². The van der Waals surface area contributed by atoms with Gasteiger partial charge in [-0.05, 0) is 48.7 Å². The molecule has 0 bridgehead atoms. The molecule has 4 rings (SSSR count). The zero-order valence-electron chi connectivity index (χ0n) is 17.2. The molecule has 2 heterocycles. The van der Waals surface area contributed by atoms with E-state index in [1.165, 1.54) is 40.4 Å². The van der Waals surface area contributed by atoms with Crippen molar-refractivity contribution in [3.63, 3.8) is 0 Å². The maximum Gasteiger partial charge on any atom is 0.247 e. The van der Waals surface area contributed by atoms with Gasteiger partial charge in [0.05, 0.1) is 10.6 Å². The van der Waals surface area contributed by atoms with E-state index in [-0.39, 0.29) is 22.9 Å². The second-order valence-corrected chi connectivity index (χ2v) is 9.77. The van der Waals surface area contributed by atoms with Crippen LogP contribution in [0.15, 0.2) is 47.4 Å². The fourth-order valence-corrected chi connectivity index (χ4v) is 5.79. The van der Waals surface area contributed by atoms with Crippen LogP contribution in [0.2, 0.25) is 0 Å². The van der Waals surface area contributed by atoms with Crippen LogP contribution in [0.3, 0.4) is 0 Å². The lowest BCUT2D eigenvalue weighted by molar-refractivity contribution is -0.122. The van der Waals surface area contributed by atoms with E-state index < -0.39 is 27.8 Å². The molecule has 9 heteroatoms. The number of anilines is 2. The lowest BCUT2D eigenvalue weighted by Gasteiger charge is -2.26. The van der Waals surface area contributed by atoms with Crippen LogP contribution < -0.4 is 10.2 Å². The first-order valence-electron chi connectivity index (χ1n) is 10.3. The zero-order valence-corrected chi connectivity index (χ0v) is 18.0. The van der Waals surface area contributed by atoms with Crippen molar-refractivity contribution >= 4 is 33.2 Å². The number of carbonyl (C=O) groups is 2. The van der Waals surface area contributed by atoms with Crippen LogP contribution in [0.5, 0.6) is 0 Å². The predicted molar refractivity (Wildman–Crippen MR) is 115 cm³/mol. The second-order valence-electron chi connectivity index (χ2n) is 7.83. The second kappa shape index (κ2) is 8.39. The minimum absolute atomic E-state index is 0.0281. The fourth-order valence-electron chi connectivity index (χ4n) is 4.22. The number of hydrogen-bond acceptors (Lipinski definition) is 4. The third kappa shape index (κ3) is 4.07. The molecule has 2 aromatic rings. The summed E-state index contributed by atoms with van der Waals surface area (Å²) < 4.78 is 41.5. The Balaban J connectivity index is 1.62. The molecule has 0 radical (unpaired) electrons. The number of carbonyl (C=O) groups excluding carboxylic acids is 2. The average Bonchev–Trinajstić information content (AvgIpc) is 3.15. The summed E-state index contributed by atoms with van der Waals surface area (Å²) in [5, 5.41) is 2.53. The van der Waals surface area contributed by atoms with Gasteiger partial charge in [0.15, 0.2) is 0 Å². The molecular weight excluding hydrogens is 421 g/mol. The van der Waals surface area contributed by atoms with Crippen molar-refractivity contribution in [1.29, 1.82) is 0 Å². The molecule has 1 atom stereocenters. The highest BCUT2D eigenvalue weighted by Gasteiger charge is 2.38. The predicted octanol–water partition coefficient (Wildman–Crippen LogP) is 2.92. The smallest absolute Gasteiger partial charge is 0.247 e. The Morgan fingerprint density at radius 2 is 1.77 bits per heavy atom. The van der Waals surface area contributed by atoms with E-state index in [2.05, 4.69) is 5.32 Å². The van der Waals surface area contributed by atoms with Crippen molar-refractivity contribution in [1.82, 2.24) is 4.31 Å². The molecule has 2 aliphatic heterocycles. The average molecular weight is 446 g/mol. The highest BCUT2D eigenvalue weighted by atomic mass is 32.2. The van der Waals surface area contributed by atoms with E-state index in [1.807, 2.05) is 0 Å². The topological polar surface area (TPSA) is 86.8 Å². The van der Waals surface area contributed by atoms with Crippen LogP contribution in [-0.4, -0.2) is 43.7 Å².